The van der Waals surface area contributed by atoms with Gasteiger partial charge in [0.25, 0.3) is 5.91 Å². The van der Waals surface area contributed by atoms with E-state index in [0.29, 0.717) is 0 Å². The number of halogens is 5. The maximum absolute atomic E-state index is 12.1. The van der Waals surface area contributed by atoms with Gasteiger partial charge in [0.05, 0.1) is 11.2 Å². The van der Waals surface area contributed by atoms with Gasteiger partial charge in [-0.2, -0.15) is 5.10 Å². The van der Waals surface area contributed by atoms with Gasteiger partial charge in [0.15, 0.2) is 0 Å². The van der Waals surface area contributed by atoms with Crippen LogP contribution in [-0.2, 0) is 0 Å². The number of nitrogens with one attached hydrogen (secondary N) is 1. The Bertz CT molecular complexity index is 809. The summed E-state index contributed by atoms with van der Waals surface area (Å²) in [5.74, 6) is -1.40. The van der Waals surface area contributed by atoms with Crippen molar-refractivity contribution >= 4 is 35.3 Å². The van der Waals surface area contributed by atoms with E-state index < -0.39 is 18.0 Å². The van der Waals surface area contributed by atoms with E-state index in [4.69, 9.17) is 23.2 Å². The van der Waals surface area contributed by atoms with Crippen molar-refractivity contribution in [2.24, 2.45) is 5.10 Å². The number of carbonyl (C=O) groups is 1. The van der Waals surface area contributed by atoms with E-state index in [1.807, 2.05) is 0 Å². The first kappa shape index (κ1) is 18.9. The Balaban J connectivity index is 2.03. The minimum Gasteiger partial charge on any atom is -0.506 e. The Morgan fingerprint density at radius 1 is 1.20 bits per heavy atom. The zero-order valence-corrected chi connectivity index (χ0v) is 13.7. The maximum atomic E-state index is 12.1. The number of hydrazone groups is 1. The molecule has 0 aliphatic carbocycles. The van der Waals surface area contributed by atoms with E-state index in [0.717, 1.165) is 30.5 Å². The van der Waals surface area contributed by atoms with Crippen LogP contribution in [-0.4, -0.2) is 23.6 Å². The molecule has 132 valence electrons. The minimum atomic E-state index is -4.81. The molecule has 2 rings (SSSR count). The Morgan fingerprint density at radius 3 is 2.44 bits per heavy atom. The first-order valence-electron chi connectivity index (χ1n) is 6.53. The zero-order valence-electron chi connectivity index (χ0n) is 12.1. The monoisotopic (exact) mass is 392 g/mol. The van der Waals surface area contributed by atoms with Crippen LogP contribution in [0.15, 0.2) is 41.5 Å². The molecule has 2 aromatic rings. The van der Waals surface area contributed by atoms with Crippen LogP contribution in [0.4, 0.5) is 13.2 Å². The average Bonchev–Trinajstić information content (AvgIpc) is 2.51. The predicted octanol–water partition coefficient (Wildman–Crippen LogP) is 4.36. The standard InChI is InChI=1S/C15H9Cl2F3N2O3/c16-10-5-9(13(23)12(17)6-10)7-21-22-14(24)8-1-3-11(4-2-8)25-15(18,19)20/h1-7,23H,(H,22,24). The van der Waals surface area contributed by atoms with Crippen molar-refractivity contribution in [3.8, 4) is 11.5 Å². The number of benzene rings is 2. The number of ether oxygens (including phenoxy) is 1. The lowest BCUT2D eigenvalue weighted by Crippen LogP contribution is -2.19. The molecule has 0 saturated heterocycles. The number of hydrogen-bond acceptors (Lipinski definition) is 4. The molecule has 0 spiro atoms. The van der Waals surface area contributed by atoms with Crippen molar-refractivity contribution in [2.75, 3.05) is 0 Å². The largest absolute Gasteiger partial charge is 0.573 e. The Kier molecular flexibility index (Phi) is 5.76. The second kappa shape index (κ2) is 7.62. The second-order valence-corrected chi connectivity index (χ2v) is 5.44. The molecule has 0 fully saturated rings. The zero-order chi connectivity index (χ0) is 18.6. The van der Waals surface area contributed by atoms with Crippen LogP contribution >= 0.6 is 23.2 Å². The normalized spacial score (nSPS) is 11.6. The molecule has 10 heteroatoms. The topological polar surface area (TPSA) is 70.9 Å². The summed E-state index contributed by atoms with van der Waals surface area (Å²) < 4.78 is 39.9. The number of nitrogens with zero attached hydrogens (tertiary/aromatic N) is 1. The van der Waals surface area contributed by atoms with Gasteiger partial charge in [-0.1, -0.05) is 23.2 Å². The smallest absolute Gasteiger partial charge is 0.506 e. The highest BCUT2D eigenvalue weighted by Crippen LogP contribution is 2.30. The molecule has 0 aromatic heterocycles. The van der Waals surface area contributed by atoms with Gasteiger partial charge >= 0.3 is 6.36 Å². The quantitative estimate of drug-likeness (QED) is 0.599. The molecule has 0 radical (unpaired) electrons. The Morgan fingerprint density at radius 2 is 1.84 bits per heavy atom. The summed E-state index contributed by atoms with van der Waals surface area (Å²) in [5, 5.41) is 13.6. The van der Waals surface area contributed by atoms with Gasteiger partial charge in [-0.15, -0.1) is 13.2 Å². The van der Waals surface area contributed by atoms with Crippen LogP contribution in [0.25, 0.3) is 0 Å². The molecule has 25 heavy (non-hydrogen) atoms. The lowest BCUT2D eigenvalue weighted by molar-refractivity contribution is -0.274. The molecular weight excluding hydrogens is 384 g/mol. The Labute approximate surface area is 149 Å². The molecule has 5 nitrogen and oxygen atoms in total. The highest BCUT2D eigenvalue weighted by molar-refractivity contribution is 6.36. The summed E-state index contributed by atoms with van der Waals surface area (Å²) in [6.07, 6.45) is -3.69. The lowest BCUT2D eigenvalue weighted by atomic mass is 10.2. The fraction of sp³-hybridized carbons (Fsp3) is 0.0667. The fourth-order valence-electron chi connectivity index (χ4n) is 1.72. The van der Waals surface area contributed by atoms with Gasteiger partial charge in [0.1, 0.15) is 11.5 Å². The highest BCUT2D eigenvalue weighted by atomic mass is 35.5. The van der Waals surface area contributed by atoms with E-state index in [1.54, 1.807) is 0 Å². The number of alkyl halides is 3. The number of phenols is 1. The third-order valence-electron chi connectivity index (χ3n) is 2.78. The van der Waals surface area contributed by atoms with Crippen molar-refractivity contribution in [1.29, 1.82) is 0 Å². The number of carbonyl (C=O) groups excluding carboxylic acids is 1. The fourth-order valence-corrected chi connectivity index (χ4v) is 2.23. The molecular formula is C15H9Cl2F3N2O3. The van der Waals surface area contributed by atoms with Gasteiger partial charge < -0.3 is 9.84 Å². The van der Waals surface area contributed by atoms with Gasteiger partial charge in [0.2, 0.25) is 0 Å². The summed E-state index contributed by atoms with van der Waals surface area (Å²) in [4.78, 5) is 11.8. The van der Waals surface area contributed by atoms with Gasteiger partial charge in [-0.3, -0.25) is 4.79 Å². The summed E-state index contributed by atoms with van der Waals surface area (Å²) in [5.41, 5.74) is 2.38. The summed E-state index contributed by atoms with van der Waals surface area (Å²) in [6, 6.07) is 6.98. The molecule has 0 bridgehead atoms. The summed E-state index contributed by atoms with van der Waals surface area (Å²) in [7, 11) is 0. The van der Waals surface area contributed by atoms with Crippen LogP contribution in [0, 0.1) is 0 Å². The molecule has 2 N–H and O–H groups in total. The van der Waals surface area contributed by atoms with E-state index in [1.165, 1.54) is 12.1 Å². The number of phenolic OH excluding ortho intramolecular Hbond substituents is 1. The lowest BCUT2D eigenvalue weighted by Gasteiger charge is -2.08. The Hall–Kier alpha value is -2.45. The molecule has 1 amide bonds. The van der Waals surface area contributed by atoms with Gasteiger partial charge in [-0.05, 0) is 36.4 Å². The number of rotatable bonds is 4. The second-order valence-electron chi connectivity index (χ2n) is 4.60. The first-order valence-corrected chi connectivity index (χ1v) is 7.28. The van der Waals surface area contributed by atoms with Crippen LogP contribution in [0.2, 0.25) is 10.0 Å². The molecule has 0 atom stereocenters. The predicted molar refractivity (Wildman–Crippen MR) is 86.3 cm³/mol. The van der Waals surface area contributed by atoms with Crippen molar-refractivity contribution in [3.63, 3.8) is 0 Å². The van der Waals surface area contributed by atoms with Crippen LogP contribution in [0.1, 0.15) is 15.9 Å². The molecule has 0 saturated carbocycles. The summed E-state index contributed by atoms with van der Waals surface area (Å²) in [6.45, 7) is 0. The minimum absolute atomic E-state index is 0.0144. The van der Waals surface area contributed by atoms with E-state index in [-0.39, 0.29) is 26.9 Å². The van der Waals surface area contributed by atoms with Crippen molar-refractivity contribution in [3.05, 3.63) is 57.6 Å². The maximum Gasteiger partial charge on any atom is 0.573 e. The van der Waals surface area contributed by atoms with E-state index in [2.05, 4.69) is 15.3 Å². The molecule has 0 heterocycles. The third-order valence-corrected chi connectivity index (χ3v) is 3.28. The first-order chi connectivity index (χ1) is 11.7. The van der Waals surface area contributed by atoms with Crippen LogP contribution in [0.5, 0.6) is 11.5 Å². The van der Waals surface area contributed by atoms with Gasteiger partial charge in [-0.25, -0.2) is 5.43 Å². The van der Waals surface area contributed by atoms with Crippen molar-refractivity contribution in [1.82, 2.24) is 5.43 Å². The number of aromatic hydroxyl groups is 1. The SMILES string of the molecule is O=C(NN=Cc1cc(Cl)cc(Cl)c1O)c1ccc(OC(F)(F)F)cc1. The van der Waals surface area contributed by atoms with Crippen molar-refractivity contribution < 1.29 is 27.8 Å². The van der Waals surface area contributed by atoms with Gasteiger partial charge in [0, 0.05) is 16.1 Å². The highest BCUT2D eigenvalue weighted by Gasteiger charge is 2.31. The van der Waals surface area contributed by atoms with Crippen LogP contribution < -0.4 is 10.2 Å². The number of hydrogen-bond donors (Lipinski definition) is 2. The third kappa shape index (κ3) is 5.54. The summed E-state index contributed by atoms with van der Waals surface area (Å²) >= 11 is 11.5. The van der Waals surface area contributed by atoms with E-state index >= 15 is 0 Å². The molecule has 0 aliphatic heterocycles. The van der Waals surface area contributed by atoms with Crippen LogP contribution in [0.3, 0.4) is 0 Å². The van der Waals surface area contributed by atoms with Crippen molar-refractivity contribution in [2.45, 2.75) is 6.36 Å². The van der Waals surface area contributed by atoms with E-state index in [9.17, 15) is 23.1 Å². The molecule has 0 unspecified atom stereocenters. The number of amides is 1. The average molecular weight is 393 g/mol. The molecule has 0 aliphatic rings. The molecule has 2 aromatic carbocycles.